The van der Waals surface area contributed by atoms with Crippen LogP contribution in [0.3, 0.4) is 0 Å². The lowest BCUT2D eigenvalue weighted by Crippen LogP contribution is -2.44. The van der Waals surface area contributed by atoms with Crippen molar-refractivity contribution < 1.29 is 58.2 Å². The molecule has 2 aromatic rings. The number of phenolic OH excluding ortho intramolecular Hbond substituents is 2. The van der Waals surface area contributed by atoms with Crippen LogP contribution in [0.25, 0.3) is 33.3 Å². The third kappa shape index (κ3) is 8.40. The van der Waals surface area contributed by atoms with E-state index in [1.807, 2.05) is 7.05 Å². The normalized spacial score (nSPS) is 29.3. The molecule has 0 unspecified atom stereocenters. The molecule has 17 heteroatoms. The molecule has 7 rings (SSSR count). The second-order valence-corrected chi connectivity index (χ2v) is 17.4. The van der Waals surface area contributed by atoms with Crippen LogP contribution in [0.1, 0.15) is 63.9 Å². The smallest absolute Gasteiger partial charge is 0.312 e. The molecule has 0 aromatic heterocycles. The Bertz CT molecular complexity index is 2630. The number of carbonyl (C=O) groups excluding carboxylic acids is 3. The molecule has 0 spiro atoms. The van der Waals surface area contributed by atoms with E-state index in [0.717, 1.165) is 13.1 Å². The van der Waals surface area contributed by atoms with E-state index in [9.17, 15) is 39.6 Å². The second kappa shape index (κ2) is 17.9. The molecule has 1 amide bonds. The summed E-state index contributed by atoms with van der Waals surface area (Å²) in [5, 5.41) is 47.9. The Morgan fingerprint density at radius 1 is 0.984 bits per heavy atom. The van der Waals surface area contributed by atoms with E-state index in [4.69, 9.17) is 28.3 Å². The minimum absolute atomic E-state index is 0.0102. The first-order valence-electron chi connectivity index (χ1n) is 21.3. The third-order valence-electron chi connectivity index (χ3n) is 12.8. The number of piperazine rings is 1. The minimum Gasteiger partial charge on any atom is -0.507 e. The standard InChI is InChI=1S/C47H56N4O13/c1-22-11-10-12-23(2)46(59)49-39-41(57)35-34(38-44(39)63-33-20-28(19-31(55)37(33)48-38)51-16-14-50(8)15-17-51)36-43(26(5)40(35)56)64-47(7,45(36)58)61-18-13-32(60-9)25(4)42(62-27(6)52)24(3)30(54)21-29(22)53/h10-13,18-20,22,24-25,29-30,32,42,53-56H,14-17,21H2,1-9H3,(H,49,59)/b11-10+,18-13+,23-12-/t22-,24+,25+,29+,30+,32-,42-,47-/m0/s1. The zero-order valence-corrected chi connectivity index (χ0v) is 37.4. The topological polar surface area (TPSA) is 231 Å². The summed E-state index contributed by atoms with van der Waals surface area (Å²) in [6.07, 6.45) is 3.46. The van der Waals surface area contributed by atoms with Crippen molar-refractivity contribution in [3.05, 3.63) is 69.6 Å². The number of hydrogen-bond donors (Lipinski definition) is 5. The first-order chi connectivity index (χ1) is 30.3. The SMILES string of the molecule is CO[C@H]1/C=C/O[C@@]2(C)Oc3c(C)c(O)c4c(=O)c(c5oc6cc(N7CCN(C)CC7)cc(O)c6nc-5c4c3C2=O)NC(=O)/C(C)=C\C=C\[C@H](C)[C@H](O)C[C@@H](O)[C@@H](C)[C@H](OC(C)=O)[C@@H]1C. The second-order valence-electron chi connectivity index (χ2n) is 17.4. The number of nitrogens with zero attached hydrogens (tertiary/aromatic N) is 3. The number of allylic oxidation sites excluding steroid dienone is 2. The number of methoxy groups -OCH3 is 1. The molecule has 0 radical (unpaired) electrons. The maximum atomic E-state index is 14.8. The number of aliphatic hydroxyl groups excluding tert-OH is 2. The summed E-state index contributed by atoms with van der Waals surface area (Å²) in [5.41, 5.74) is -0.666. The zero-order chi connectivity index (χ0) is 46.5. The van der Waals surface area contributed by atoms with Crippen molar-refractivity contribution in [3.8, 4) is 28.7 Å². The van der Waals surface area contributed by atoms with Crippen molar-refractivity contribution >= 4 is 50.9 Å². The Kier molecular flexibility index (Phi) is 12.8. The summed E-state index contributed by atoms with van der Waals surface area (Å²) >= 11 is 0. The number of esters is 1. The molecule has 4 bridgehead atoms. The number of benzene rings is 3. The zero-order valence-electron chi connectivity index (χ0n) is 37.4. The number of aliphatic hydroxyl groups is 2. The van der Waals surface area contributed by atoms with Crippen LogP contribution in [-0.4, -0.2) is 119 Å². The van der Waals surface area contributed by atoms with Gasteiger partial charge in [-0.15, -0.1) is 0 Å². The largest absolute Gasteiger partial charge is 0.507 e. The fourth-order valence-electron chi connectivity index (χ4n) is 8.68. The van der Waals surface area contributed by atoms with Gasteiger partial charge in [0.1, 0.15) is 40.3 Å². The predicted molar refractivity (Wildman–Crippen MR) is 238 cm³/mol. The van der Waals surface area contributed by atoms with Crippen LogP contribution in [0.5, 0.6) is 17.2 Å². The minimum atomic E-state index is -2.07. The molecule has 5 aliphatic rings. The summed E-state index contributed by atoms with van der Waals surface area (Å²) in [5.74, 6) is -7.04. The van der Waals surface area contributed by atoms with E-state index in [0.29, 0.717) is 18.8 Å². The fourth-order valence-corrected chi connectivity index (χ4v) is 8.68. The Labute approximate surface area is 369 Å². The predicted octanol–water partition coefficient (Wildman–Crippen LogP) is 5.16. The highest BCUT2D eigenvalue weighted by atomic mass is 16.7. The molecule has 1 fully saturated rings. The molecule has 5 N–H and O–H groups in total. The van der Waals surface area contributed by atoms with Crippen molar-refractivity contribution in [1.29, 1.82) is 0 Å². The van der Waals surface area contributed by atoms with Crippen LogP contribution in [-0.2, 0) is 23.8 Å². The van der Waals surface area contributed by atoms with Crippen LogP contribution in [0.15, 0.2) is 57.5 Å². The summed E-state index contributed by atoms with van der Waals surface area (Å²) in [6, 6.07) is 3.24. The van der Waals surface area contributed by atoms with Crippen LogP contribution in [0.2, 0.25) is 0 Å². The highest BCUT2D eigenvalue weighted by Crippen LogP contribution is 2.51. The Morgan fingerprint density at radius 3 is 2.36 bits per heavy atom. The van der Waals surface area contributed by atoms with Crippen molar-refractivity contribution in [1.82, 2.24) is 9.88 Å². The van der Waals surface area contributed by atoms with Gasteiger partial charge in [0.15, 0.2) is 11.3 Å². The van der Waals surface area contributed by atoms with Crippen LogP contribution in [0.4, 0.5) is 11.4 Å². The average molecular weight is 885 g/mol. The molecule has 4 aliphatic heterocycles. The Hall–Kier alpha value is -6.01. The highest BCUT2D eigenvalue weighted by molar-refractivity contribution is 6.22. The van der Waals surface area contributed by atoms with E-state index >= 15 is 0 Å². The number of carbonyl (C=O) groups is 3. The first kappa shape index (κ1) is 46.0. The van der Waals surface area contributed by atoms with E-state index in [1.54, 1.807) is 45.1 Å². The number of phenols is 2. The number of likely N-dealkylation sites (N-methyl/N-ethyl adjacent to an activating group) is 1. The molecule has 0 saturated carbocycles. The van der Waals surface area contributed by atoms with Crippen LogP contribution >= 0.6 is 0 Å². The summed E-state index contributed by atoms with van der Waals surface area (Å²) in [7, 11) is 3.45. The average Bonchev–Trinajstić information content (AvgIpc) is 3.52. The van der Waals surface area contributed by atoms with Gasteiger partial charge < -0.3 is 58.9 Å². The summed E-state index contributed by atoms with van der Waals surface area (Å²) < 4.78 is 30.2. The van der Waals surface area contributed by atoms with Crippen molar-refractivity contribution in [2.75, 3.05) is 50.6 Å². The van der Waals surface area contributed by atoms with Gasteiger partial charge in [-0.2, -0.15) is 0 Å². The molecule has 4 heterocycles. The molecule has 8 atom stereocenters. The Morgan fingerprint density at radius 2 is 1.69 bits per heavy atom. The number of rotatable bonds is 3. The summed E-state index contributed by atoms with van der Waals surface area (Å²) in [4.78, 5) is 64.8. The van der Waals surface area contributed by atoms with E-state index in [-0.39, 0.29) is 73.6 Å². The molecular weight excluding hydrogens is 829 g/mol. The fraction of sp³-hybridized carbons (Fsp3) is 0.468. The maximum Gasteiger partial charge on any atom is 0.312 e. The van der Waals surface area contributed by atoms with Gasteiger partial charge in [0, 0.05) is 106 Å². The Balaban J connectivity index is 1.44. The lowest BCUT2D eigenvalue weighted by molar-refractivity contribution is -0.158. The van der Waals surface area contributed by atoms with Crippen LogP contribution in [0, 0.1) is 24.7 Å². The molecule has 1 aliphatic carbocycles. The van der Waals surface area contributed by atoms with Gasteiger partial charge in [-0.3, -0.25) is 19.2 Å². The summed E-state index contributed by atoms with van der Waals surface area (Å²) in [6.45, 7) is 13.7. The number of hydrogen-bond acceptors (Lipinski definition) is 16. The van der Waals surface area contributed by atoms with Gasteiger partial charge in [0.25, 0.3) is 11.7 Å². The lowest BCUT2D eigenvalue weighted by Gasteiger charge is -2.35. The quantitative estimate of drug-likeness (QED) is 0.102. The van der Waals surface area contributed by atoms with Crippen molar-refractivity contribution in [2.45, 2.75) is 85.1 Å². The van der Waals surface area contributed by atoms with Gasteiger partial charge in [-0.05, 0) is 27.0 Å². The highest BCUT2D eigenvalue weighted by Gasteiger charge is 2.50. The number of fused-ring (bicyclic) bond motifs is 2. The monoisotopic (exact) mass is 884 g/mol. The van der Waals surface area contributed by atoms with E-state index in [1.165, 1.54) is 53.2 Å². The third-order valence-corrected chi connectivity index (χ3v) is 12.8. The molecule has 342 valence electrons. The van der Waals surface area contributed by atoms with E-state index in [2.05, 4.69) is 15.1 Å². The molecular formula is C47H56N4O13. The molecule has 64 heavy (non-hydrogen) atoms. The number of aromatic hydroxyl groups is 2. The first-order valence-corrected chi connectivity index (χ1v) is 21.3. The maximum absolute atomic E-state index is 14.8. The lowest BCUT2D eigenvalue weighted by atomic mass is 9.83. The van der Waals surface area contributed by atoms with Gasteiger partial charge in [-0.1, -0.05) is 39.0 Å². The number of ether oxygens (including phenoxy) is 4. The number of Topliss-reactive ketones (excluding diaryl/α,β-unsaturated/α-hetero) is 1. The molecule has 1 saturated heterocycles. The molecule has 17 nitrogen and oxygen atoms in total. The van der Waals surface area contributed by atoms with Crippen molar-refractivity contribution in [3.63, 3.8) is 0 Å². The number of aromatic nitrogens is 1. The van der Waals surface area contributed by atoms with Gasteiger partial charge in [0.05, 0.1) is 35.5 Å². The molecule has 2 aromatic carbocycles. The number of nitrogens with one attached hydrogen (secondary N) is 1. The van der Waals surface area contributed by atoms with Crippen LogP contribution < -0.4 is 20.4 Å². The number of ketones is 1. The van der Waals surface area contributed by atoms with Crippen molar-refractivity contribution in [2.24, 2.45) is 17.8 Å². The number of anilines is 2. The number of amides is 1. The van der Waals surface area contributed by atoms with Gasteiger partial charge in [-0.25, -0.2) is 4.98 Å². The van der Waals surface area contributed by atoms with Gasteiger partial charge in [0.2, 0.25) is 5.43 Å². The van der Waals surface area contributed by atoms with Gasteiger partial charge >= 0.3 is 11.8 Å². The van der Waals surface area contributed by atoms with E-state index < -0.39 is 76.8 Å².